The second kappa shape index (κ2) is 10.5. The molecule has 3 N–H and O–H groups in total. The Bertz CT molecular complexity index is 950. The zero-order chi connectivity index (χ0) is 22.3. The molecule has 2 heterocycles. The fraction of sp³-hybridized carbons (Fsp3) is 0.440. The number of anilines is 3. The minimum Gasteiger partial charge on any atom is -0.376 e. The van der Waals surface area contributed by atoms with Crippen molar-refractivity contribution in [1.82, 2.24) is 5.32 Å². The highest BCUT2D eigenvalue weighted by Crippen LogP contribution is 2.27. The summed E-state index contributed by atoms with van der Waals surface area (Å²) in [5.74, 6) is -0.135. The maximum absolute atomic E-state index is 13.1. The Kier molecular flexibility index (Phi) is 7.27. The van der Waals surface area contributed by atoms with E-state index in [1.54, 1.807) is 6.07 Å². The monoisotopic (exact) mass is 436 g/mol. The fourth-order valence-corrected chi connectivity index (χ4v) is 4.31. The van der Waals surface area contributed by atoms with Gasteiger partial charge in [-0.15, -0.1) is 0 Å². The van der Waals surface area contributed by atoms with Crippen molar-refractivity contribution in [3.8, 4) is 0 Å². The quantitative estimate of drug-likeness (QED) is 0.621. The molecule has 32 heavy (non-hydrogen) atoms. The number of ether oxygens (including phenoxy) is 1. The van der Waals surface area contributed by atoms with Crippen LogP contribution in [0.3, 0.4) is 0 Å². The Hall–Kier alpha value is -3.06. The van der Waals surface area contributed by atoms with Gasteiger partial charge in [-0.2, -0.15) is 0 Å². The molecule has 0 spiro atoms. The summed E-state index contributed by atoms with van der Waals surface area (Å²) in [6.07, 6.45) is 5.55. The number of para-hydroxylation sites is 1. The summed E-state index contributed by atoms with van der Waals surface area (Å²) in [6.45, 7) is 5.08. The SMILES string of the molecule is Cc1ccccc1NC(=O)Nc1ccc(N2CCCCC2)c(C(=O)NCC2CCCO2)c1. The zero-order valence-corrected chi connectivity index (χ0v) is 18.7. The van der Waals surface area contributed by atoms with Gasteiger partial charge in [0, 0.05) is 43.3 Å². The second-order valence-electron chi connectivity index (χ2n) is 8.52. The second-order valence-corrected chi connectivity index (χ2v) is 8.52. The minimum atomic E-state index is -0.337. The molecule has 1 atom stereocenters. The molecule has 2 saturated heterocycles. The summed E-state index contributed by atoms with van der Waals surface area (Å²) in [5.41, 5.74) is 3.82. The van der Waals surface area contributed by atoms with Crippen molar-refractivity contribution in [2.24, 2.45) is 0 Å². The molecule has 0 radical (unpaired) electrons. The minimum absolute atomic E-state index is 0.0820. The normalized spacial score (nSPS) is 18.3. The summed E-state index contributed by atoms with van der Waals surface area (Å²) < 4.78 is 5.64. The number of carbonyl (C=O) groups excluding carboxylic acids is 2. The van der Waals surface area contributed by atoms with Crippen LogP contribution in [0.2, 0.25) is 0 Å². The van der Waals surface area contributed by atoms with Gasteiger partial charge >= 0.3 is 6.03 Å². The van der Waals surface area contributed by atoms with Gasteiger partial charge in [-0.1, -0.05) is 18.2 Å². The molecule has 2 aromatic carbocycles. The lowest BCUT2D eigenvalue weighted by molar-refractivity contribution is 0.0858. The predicted octanol–water partition coefficient (Wildman–Crippen LogP) is 4.54. The lowest BCUT2D eigenvalue weighted by Gasteiger charge is -2.30. The van der Waals surface area contributed by atoms with Crippen LogP contribution in [0.4, 0.5) is 21.9 Å². The number of aryl methyl sites for hydroxylation is 1. The lowest BCUT2D eigenvalue weighted by atomic mass is 10.1. The van der Waals surface area contributed by atoms with Gasteiger partial charge in [0.1, 0.15) is 0 Å². The summed E-state index contributed by atoms with van der Waals surface area (Å²) in [7, 11) is 0. The number of benzene rings is 2. The molecule has 2 aliphatic heterocycles. The third-order valence-electron chi connectivity index (χ3n) is 6.10. The Morgan fingerprint density at radius 3 is 2.59 bits per heavy atom. The molecule has 1 unspecified atom stereocenters. The van der Waals surface area contributed by atoms with Gasteiger partial charge < -0.3 is 25.6 Å². The number of carbonyl (C=O) groups is 2. The summed E-state index contributed by atoms with van der Waals surface area (Å²) in [6, 6.07) is 12.8. The Labute approximate surface area is 189 Å². The largest absolute Gasteiger partial charge is 0.376 e. The van der Waals surface area contributed by atoms with Crippen LogP contribution in [-0.2, 0) is 4.74 Å². The van der Waals surface area contributed by atoms with Gasteiger partial charge in [-0.3, -0.25) is 4.79 Å². The van der Waals surface area contributed by atoms with Crippen molar-refractivity contribution in [1.29, 1.82) is 0 Å². The van der Waals surface area contributed by atoms with E-state index in [0.29, 0.717) is 17.8 Å². The number of hydrogen-bond acceptors (Lipinski definition) is 4. The molecular weight excluding hydrogens is 404 g/mol. The van der Waals surface area contributed by atoms with E-state index >= 15 is 0 Å². The third kappa shape index (κ3) is 5.59. The van der Waals surface area contributed by atoms with Gasteiger partial charge in [0.05, 0.1) is 11.7 Å². The number of urea groups is 1. The summed E-state index contributed by atoms with van der Waals surface area (Å²) in [4.78, 5) is 27.9. The van der Waals surface area contributed by atoms with E-state index in [9.17, 15) is 9.59 Å². The van der Waals surface area contributed by atoms with Crippen LogP contribution in [0.5, 0.6) is 0 Å². The standard InChI is InChI=1S/C25H32N4O3/c1-18-8-3-4-10-22(18)28-25(31)27-19-11-12-23(29-13-5-2-6-14-29)21(16-19)24(30)26-17-20-9-7-15-32-20/h3-4,8,10-12,16,20H,2,5-7,9,13-15,17H2,1H3,(H,26,30)(H2,27,28,31). The van der Waals surface area contributed by atoms with Gasteiger partial charge in [0.25, 0.3) is 5.91 Å². The molecule has 2 aliphatic rings. The highest BCUT2D eigenvalue weighted by Gasteiger charge is 2.22. The molecule has 0 aromatic heterocycles. The Morgan fingerprint density at radius 1 is 1.03 bits per heavy atom. The number of hydrogen-bond donors (Lipinski definition) is 3. The first kappa shape index (κ1) is 22.1. The number of amides is 3. The van der Waals surface area contributed by atoms with Crippen molar-refractivity contribution in [2.45, 2.75) is 45.1 Å². The first-order valence-corrected chi connectivity index (χ1v) is 11.5. The zero-order valence-electron chi connectivity index (χ0n) is 18.7. The molecule has 7 nitrogen and oxygen atoms in total. The highest BCUT2D eigenvalue weighted by molar-refractivity contribution is 6.04. The molecule has 2 aromatic rings. The molecule has 7 heteroatoms. The van der Waals surface area contributed by atoms with Crippen LogP contribution in [0.25, 0.3) is 0 Å². The Balaban J connectivity index is 1.50. The van der Waals surface area contributed by atoms with Crippen molar-refractivity contribution < 1.29 is 14.3 Å². The van der Waals surface area contributed by atoms with Crippen LogP contribution < -0.4 is 20.9 Å². The van der Waals surface area contributed by atoms with Crippen molar-refractivity contribution in [3.05, 3.63) is 53.6 Å². The van der Waals surface area contributed by atoms with Crippen molar-refractivity contribution in [3.63, 3.8) is 0 Å². The van der Waals surface area contributed by atoms with Gasteiger partial charge in [-0.25, -0.2) is 4.79 Å². The number of nitrogens with zero attached hydrogens (tertiary/aromatic N) is 1. The van der Waals surface area contributed by atoms with Crippen molar-refractivity contribution in [2.75, 3.05) is 41.8 Å². The van der Waals surface area contributed by atoms with E-state index in [1.807, 2.05) is 43.3 Å². The van der Waals surface area contributed by atoms with Gasteiger partial charge in [0.2, 0.25) is 0 Å². The third-order valence-corrected chi connectivity index (χ3v) is 6.10. The van der Waals surface area contributed by atoms with Gasteiger partial charge in [0.15, 0.2) is 0 Å². The summed E-state index contributed by atoms with van der Waals surface area (Å²) in [5, 5.41) is 8.77. The topological polar surface area (TPSA) is 82.7 Å². The molecule has 2 fully saturated rings. The van der Waals surface area contributed by atoms with Crippen LogP contribution in [0, 0.1) is 6.92 Å². The number of rotatable bonds is 6. The highest BCUT2D eigenvalue weighted by atomic mass is 16.5. The molecule has 0 bridgehead atoms. The smallest absolute Gasteiger partial charge is 0.323 e. The van der Waals surface area contributed by atoms with Gasteiger partial charge in [-0.05, 0) is 68.9 Å². The molecule has 0 saturated carbocycles. The summed E-state index contributed by atoms with van der Waals surface area (Å²) >= 11 is 0. The van der Waals surface area contributed by atoms with Crippen LogP contribution in [0.15, 0.2) is 42.5 Å². The molecular formula is C25H32N4O3. The molecule has 4 rings (SSSR count). The van der Waals surface area contributed by atoms with Crippen LogP contribution in [0.1, 0.15) is 48.0 Å². The fourth-order valence-electron chi connectivity index (χ4n) is 4.31. The van der Waals surface area contributed by atoms with E-state index in [1.165, 1.54) is 6.42 Å². The van der Waals surface area contributed by atoms with Crippen LogP contribution >= 0.6 is 0 Å². The Morgan fingerprint density at radius 2 is 1.84 bits per heavy atom. The predicted molar refractivity (Wildman–Crippen MR) is 128 cm³/mol. The molecule has 0 aliphatic carbocycles. The van der Waals surface area contributed by atoms with E-state index in [-0.39, 0.29) is 18.0 Å². The van der Waals surface area contributed by atoms with Crippen LogP contribution in [-0.4, -0.2) is 44.3 Å². The van der Waals surface area contributed by atoms with E-state index in [4.69, 9.17) is 4.74 Å². The van der Waals surface area contributed by atoms with Crippen molar-refractivity contribution >= 4 is 29.0 Å². The molecule has 3 amide bonds. The maximum atomic E-state index is 13.1. The van der Waals surface area contributed by atoms with E-state index < -0.39 is 0 Å². The number of piperidine rings is 1. The van der Waals surface area contributed by atoms with E-state index in [0.717, 1.165) is 62.3 Å². The van der Waals surface area contributed by atoms with E-state index in [2.05, 4.69) is 20.9 Å². The maximum Gasteiger partial charge on any atom is 0.323 e. The average Bonchev–Trinajstić information content (AvgIpc) is 3.33. The molecule has 170 valence electrons. The average molecular weight is 437 g/mol. The first-order chi connectivity index (χ1) is 15.6. The number of nitrogens with one attached hydrogen (secondary N) is 3. The lowest BCUT2D eigenvalue weighted by Crippen LogP contribution is -2.35. The first-order valence-electron chi connectivity index (χ1n) is 11.5.